The molecular weight excluding hydrogens is 577 g/mol. The van der Waals surface area contributed by atoms with Crippen molar-refractivity contribution in [1.29, 1.82) is 0 Å². The van der Waals surface area contributed by atoms with Gasteiger partial charge in [-0.3, -0.25) is 18.8 Å². The first kappa shape index (κ1) is 27.8. The zero-order valence-corrected chi connectivity index (χ0v) is 22.0. The Morgan fingerprint density at radius 3 is 2.71 bits per heavy atom. The van der Waals surface area contributed by atoms with Gasteiger partial charge in [0.15, 0.2) is 15.1 Å². The van der Waals surface area contributed by atoms with Gasteiger partial charge in [0.25, 0.3) is 10.0 Å². The minimum atomic E-state index is -4.83. The maximum atomic E-state index is 13.8. The number of aromatic nitrogens is 2. The lowest BCUT2D eigenvalue weighted by molar-refractivity contribution is -0.242. The normalized spacial score (nSPS) is 16.2. The molecule has 38 heavy (non-hydrogen) atoms. The van der Waals surface area contributed by atoms with Crippen LogP contribution in [0.15, 0.2) is 34.8 Å². The van der Waals surface area contributed by atoms with Gasteiger partial charge in [0.2, 0.25) is 5.60 Å². The van der Waals surface area contributed by atoms with Gasteiger partial charge in [0.1, 0.15) is 11.9 Å². The molecule has 3 aromatic rings. The highest BCUT2D eigenvalue weighted by Crippen LogP contribution is 2.41. The summed E-state index contributed by atoms with van der Waals surface area (Å²) in [7, 11) is -4.44. The number of carboxylic acids is 1. The van der Waals surface area contributed by atoms with Crippen molar-refractivity contribution in [2.24, 2.45) is 0 Å². The van der Waals surface area contributed by atoms with Gasteiger partial charge in [-0.25, -0.2) is 9.78 Å². The van der Waals surface area contributed by atoms with Crippen LogP contribution in [0.2, 0.25) is 5.15 Å². The summed E-state index contributed by atoms with van der Waals surface area (Å²) in [6.07, 6.45) is -5.96. The number of aliphatic carboxylic acids is 1. The van der Waals surface area contributed by atoms with Crippen LogP contribution in [0.5, 0.6) is 5.75 Å². The summed E-state index contributed by atoms with van der Waals surface area (Å²) >= 11 is 7.32. The summed E-state index contributed by atoms with van der Waals surface area (Å²) in [5.74, 6) is -1.07. The molecule has 4 rings (SSSR count). The molecule has 1 aromatic carbocycles. The van der Waals surface area contributed by atoms with Crippen LogP contribution < -0.4 is 14.4 Å². The van der Waals surface area contributed by atoms with E-state index in [1.54, 1.807) is 5.38 Å². The number of ether oxygens (including phenoxy) is 2. The Morgan fingerprint density at radius 1 is 1.34 bits per heavy atom. The van der Waals surface area contributed by atoms with E-state index in [0.29, 0.717) is 18.8 Å². The van der Waals surface area contributed by atoms with Crippen molar-refractivity contribution in [2.45, 2.75) is 49.6 Å². The molecule has 206 valence electrons. The molecule has 0 radical (unpaired) electrons. The first-order chi connectivity index (χ1) is 17.6. The Hall–Kier alpha value is -3.24. The molecule has 2 aromatic heterocycles. The fourth-order valence-electron chi connectivity index (χ4n) is 3.56. The van der Waals surface area contributed by atoms with Crippen LogP contribution in [0, 0.1) is 0 Å². The number of hydrogen-bond acceptors (Lipinski definition) is 8. The second-order valence-corrected chi connectivity index (χ2v) is 11.7. The smallest absolute Gasteiger partial charge is 0.427 e. The molecule has 2 N–H and O–H groups in total. The molecule has 3 heterocycles. The first-order valence-electron chi connectivity index (χ1n) is 10.8. The highest BCUT2D eigenvalue weighted by molar-refractivity contribution is 7.92. The molecule has 1 atom stereocenters. The van der Waals surface area contributed by atoms with Crippen LogP contribution in [0.3, 0.4) is 0 Å². The highest BCUT2D eigenvalue weighted by atomic mass is 35.5. The van der Waals surface area contributed by atoms with Crippen LogP contribution in [-0.2, 0) is 19.6 Å². The van der Waals surface area contributed by atoms with E-state index in [1.807, 2.05) is 0 Å². The Kier molecular flexibility index (Phi) is 7.18. The number of rotatable bonds is 7. The second-order valence-electron chi connectivity index (χ2n) is 8.68. The van der Waals surface area contributed by atoms with E-state index in [0.717, 1.165) is 15.6 Å². The van der Waals surface area contributed by atoms with Crippen LogP contribution in [-0.4, -0.2) is 59.4 Å². The molecule has 0 saturated heterocycles. The number of carbonyl (C=O) groups is 2. The molecular formula is C21H20ClF3N4O7S2. The zero-order chi connectivity index (χ0) is 28.0. The summed E-state index contributed by atoms with van der Waals surface area (Å²) in [5.41, 5.74) is -2.93. The summed E-state index contributed by atoms with van der Waals surface area (Å²) in [5, 5.41) is 12.2. The number of carbonyl (C=O) groups excluding carboxylic acids is 1. The number of halogens is 4. The van der Waals surface area contributed by atoms with Gasteiger partial charge in [0.05, 0.1) is 12.2 Å². The van der Waals surface area contributed by atoms with E-state index < -0.39 is 40.0 Å². The van der Waals surface area contributed by atoms with Crippen molar-refractivity contribution in [3.05, 3.63) is 34.9 Å². The number of anilines is 2. The molecule has 0 spiro atoms. The van der Waals surface area contributed by atoms with Crippen molar-refractivity contribution in [2.75, 3.05) is 16.2 Å². The fraction of sp³-hybridized carbons (Fsp3) is 0.381. The number of sulfonamides is 1. The van der Waals surface area contributed by atoms with Crippen LogP contribution in [0.4, 0.5) is 29.3 Å². The Morgan fingerprint density at radius 2 is 2.05 bits per heavy atom. The number of nitrogens with one attached hydrogen (secondary N) is 1. The van der Waals surface area contributed by atoms with Crippen molar-refractivity contribution >= 4 is 61.4 Å². The Labute approximate surface area is 222 Å². The summed E-state index contributed by atoms with van der Waals surface area (Å²) in [6.45, 7) is 1.05. The van der Waals surface area contributed by atoms with Gasteiger partial charge in [-0.05, 0) is 38.5 Å². The summed E-state index contributed by atoms with van der Waals surface area (Å²) in [4.78, 5) is 27.6. The Bertz CT molecular complexity index is 1500. The van der Waals surface area contributed by atoms with Crippen LogP contribution in [0.1, 0.15) is 26.7 Å². The SMILES string of the molecule is CC(C)(OC(=O)Nc1ccc2c(c1)N(S(=O)(=O)c1c(Cl)nc3sccn13)CC(CCC(=O)O)O2)C(F)(F)F. The van der Waals surface area contributed by atoms with E-state index in [9.17, 15) is 31.2 Å². The minimum Gasteiger partial charge on any atom is -0.486 e. The molecule has 1 aliphatic heterocycles. The summed E-state index contributed by atoms with van der Waals surface area (Å²) in [6, 6.07) is 3.75. The molecule has 1 unspecified atom stereocenters. The quantitative estimate of drug-likeness (QED) is 0.398. The van der Waals surface area contributed by atoms with Crippen LogP contribution in [0.25, 0.3) is 4.96 Å². The number of alkyl halides is 3. The van der Waals surface area contributed by atoms with Gasteiger partial charge in [0, 0.05) is 23.7 Å². The van der Waals surface area contributed by atoms with Gasteiger partial charge < -0.3 is 14.6 Å². The molecule has 0 fully saturated rings. The van der Waals surface area contributed by atoms with E-state index >= 15 is 0 Å². The molecule has 17 heteroatoms. The van der Waals surface area contributed by atoms with Crippen molar-refractivity contribution < 1.29 is 45.8 Å². The predicted octanol–water partition coefficient (Wildman–Crippen LogP) is 4.76. The van der Waals surface area contributed by atoms with E-state index in [-0.39, 0.29) is 46.7 Å². The number of hydrogen-bond donors (Lipinski definition) is 2. The monoisotopic (exact) mass is 596 g/mol. The van der Waals surface area contributed by atoms with Crippen molar-refractivity contribution in [3.63, 3.8) is 0 Å². The molecule has 0 aliphatic carbocycles. The van der Waals surface area contributed by atoms with Crippen molar-refractivity contribution in [1.82, 2.24) is 9.38 Å². The predicted molar refractivity (Wildman–Crippen MR) is 131 cm³/mol. The number of thiazole rings is 1. The van der Waals surface area contributed by atoms with Crippen molar-refractivity contribution in [3.8, 4) is 5.75 Å². The molecule has 1 amide bonds. The van der Waals surface area contributed by atoms with Gasteiger partial charge in [-0.2, -0.15) is 21.6 Å². The minimum absolute atomic E-state index is 0.0202. The number of benzene rings is 1. The third kappa shape index (κ3) is 5.33. The third-order valence-corrected chi connectivity index (χ3v) is 8.50. The first-order valence-corrected chi connectivity index (χ1v) is 13.5. The largest absolute Gasteiger partial charge is 0.486 e. The van der Waals surface area contributed by atoms with Gasteiger partial charge in [-0.15, -0.1) is 11.3 Å². The number of imidazole rings is 1. The number of carboxylic acid groups (broad SMARTS) is 1. The average Bonchev–Trinajstić information content (AvgIpc) is 3.35. The molecule has 11 nitrogen and oxygen atoms in total. The Balaban J connectivity index is 1.71. The zero-order valence-electron chi connectivity index (χ0n) is 19.7. The lowest BCUT2D eigenvalue weighted by Crippen LogP contribution is -2.44. The number of nitrogens with zero attached hydrogens (tertiary/aromatic N) is 3. The lowest BCUT2D eigenvalue weighted by atomic mass is 10.1. The molecule has 0 bridgehead atoms. The summed E-state index contributed by atoms with van der Waals surface area (Å²) < 4.78 is 79.5. The average molecular weight is 597 g/mol. The lowest BCUT2D eigenvalue weighted by Gasteiger charge is -2.35. The van der Waals surface area contributed by atoms with Crippen LogP contribution >= 0.6 is 22.9 Å². The topological polar surface area (TPSA) is 140 Å². The molecule has 0 saturated carbocycles. The maximum absolute atomic E-state index is 13.8. The van der Waals surface area contributed by atoms with E-state index in [2.05, 4.69) is 15.0 Å². The van der Waals surface area contributed by atoms with Gasteiger partial charge >= 0.3 is 18.2 Å². The van der Waals surface area contributed by atoms with E-state index in [4.69, 9.17) is 21.4 Å². The second kappa shape index (κ2) is 9.81. The molecule has 1 aliphatic rings. The highest BCUT2D eigenvalue weighted by Gasteiger charge is 2.51. The number of amides is 1. The van der Waals surface area contributed by atoms with Gasteiger partial charge in [-0.1, -0.05) is 11.6 Å². The third-order valence-electron chi connectivity index (χ3n) is 5.56. The van der Waals surface area contributed by atoms with E-state index in [1.165, 1.54) is 28.8 Å². The number of fused-ring (bicyclic) bond motifs is 2. The standard InChI is InChI=1S/C21H20ClF3N4O7S2/c1-20(2,21(23,24)25)36-19(32)26-11-3-5-14-13(9-11)29(10-12(35-14)4-6-15(30)31)38(33,34)17-16(22)27-18-28(17)7-8-37-18/h3,5,7-9,12H,4,6,10H2,1-2H3,(H,26,32)(H,30,31). The maximum Gasteiger partial charge on any atom is 0.427 e. The fourth-order valence-corrected chi connectivity index (χ4v) is 6.47.